The lowest BCUT2D eigenvalue weighted by Gasteiger charge is -2.24. The molecule has 0 unspecified atom stereocenters. The van der Waals surface area contributed by atoms with Crippen molar-refractivity contribution >= 4 is 0 Å². The van der Waals surface area contributed by atoms with Gasteiger partial charge in [-0.25, -0.2) is 0 Å². The number of ether oxygens (including phenoxy) is 1. The van der Waals surface area contributed by atoms with Crippen molar-refractivity contribution in [2.45, 2.75) is 64.1 Å². The fraction of sp³-hybridized carbons (Fsp3) is 0.625. The van der Waals surface area contributed by atoms with Gasteiger partial charge in [0.15, 0.2) is 0 Å². The van der Waals surface area contributed by atoms with Crippen molar-refractivity contribution in [3.63, 3.8) is 0 Å². The van der Waals surface area contributed by atoms with E-state index >= 15 is 0 Å². The van der Waals surface area contributed by atoms with Crippen molar-refractivity contribution in [1.82, 2.24) is 0 Å². The molecule has 1 saturated carbocycles. The smallest absolute Gasteiger partial charge is 0.416 e. The van der Waals surface area contributed by atoms with Gasteiger partial charge in [-0.1, -0.05) is 20.3 Å². The molecule has 1 aromatic carbocycles. The van der Waals surface area contributed by atoms with Gasteiger partial charge in [0.1, 0.15) is 5.75 Å². The predicted molar refractivity (Wildman–Crippen MR) is 73.0 cm³/mol. The Morgan fingerprint density at radius 1 is 1.05 bits per heavy atom. The van der Waals surface area contributed by atoms with E-state index in [4.69, 9.17) is 4.74 Å². The molecule has 0 spiro atoms. The van der Waals surface area contributed by atoms with E-state index in [2.05, 4.69) is 0 Å². The van der Waals surface area contributed by atoms with Crippen LogP contribution in [0.2, 0.25) is 0 Å². The highest BCUT2D eigenvalue weighted by Crippen LogP contribution is 2.35. The highest BCUT2D eigenvalue weighted by molar-refractivity contribution is 5.37. The van der Waals surface area contributed by atoms with Crippen LogP contribution in [0.3, 0.4) is 0 Å². The van der Waals surface area contributed by atoms with Gasteiger partial charge in [0, 0.05) is 0 Å². The molecular formula is C16H21F3O. The molecule has 20 heavy (non-hydrogen) atoms. The topological polar surface area (TPSA) is 9.23 Å². The fourth-order valence-corrected chi connectivity index (χ4v) is 2.56. The molecule has 1 aliphatic carbocycles. The van der Waals surface area contributed by atoms with Crippen molar-refractivity contribution in [1.29, 1.82) is 0 Å². The van der Waals surface area contributed by atoms with Crippen molar-refractivity contribution in [3.05, 3.63) is 29.3 Å². The number of hydrogen-bond donors (Lipinski definition) is 0. The minimum Gasteiger partial charge on any atom is -0.490 e. The standard InChI is InChI=1S/C16H21F3O/c1-11(2)12-8-13(16(17,18)19)10-15(9-12)20-14-6-4-3-5-7-14/h8-11,14H,3-7H2,1-2H3. The molecule has 0 aliphatic heterocycles. The third kappa shape index (κ3) is 3.90. The van der Waals surface area contributed by atoms with Crippen LogP contribution < -0.4 is 4.74 Å². The average Bonchev–Trinajstić information content (AvgIpc) is 2.38. The maximum absolute atomic E-state index is 12.9. The van der Waals surface area contributed by atoms with E-state index in [1.165, 1.54) is 12.5 Å². The first kappa shape index (κ1) is 15.2. The van der Waals surface area contributed by atoms with Crippen LogP contribution in [0.5, 0.6) is 5.75 Å². The number of hydrogen-bond acceptors (Lipinski definition) is 1. The quantitative estimate of drug-likeness (QED) is 0.708. The zero-order valence-electron chi connectivity index (χ0n) is 12.0. The Morgan fingerprint density at radius 3 is 2.25 bits per heavy atom. The zero-order chi connectivity index (χ0) is 14.8. The monoisotopic (exact) mass is 286 g/mol. The summed E-state index contributed by atoms with van der Waals surface area (Å²) >= 11 is 0. The minimum absolute atomic E-state index is 0.0472. The molecule has 112 valence electrons. The van der Waals surface area contributed by atoms with Crippen LogP contribution in [0.15, 0.2) is 18.2 Å². The highest BCUT2D eigenvalue weighted by Gasteiger charge is 2.32. The largest absolute Gasteiger partial charge is 0.490 e. The van der Waals surface area contributed by atoms with Crippen molar-refractivity contribution < 1.29 is 17.9 Å². The predicted octanol–water partition coefficient (Wildman–Crippen LogP) is 5.54. The number of halogens is 3. The summed E-state index contributed by atoms with van der Waals surface area (Å²) in [6.07, 6.45) is 1.00. The second-order valence-corrected chi connectivity index (χ2v) is 5.82. The average molecular weight is 286 g/mol. The van der Waals surface area contributed by atoms with Gasteiger partial charge in [-0.05, 0) is 55.4 Å². The van der Waals surface area contributed by atoms with E-state index < -0.39 is 11.7 Å². The summed E-state index contributed by atoms with van der Waals surface area (Å²) in [6, 6.07) is 4.09. The molecule has 2 rings (SSSR count). The molecule has 0 aromatic heterocycles. The lowest BCUT2D eigenvalue weighted by molar-refractivity contribution is -0.137. The molecule has 0 bridgehead atoms. The Bertz CT molecular complexity index is 446. The molecule has 1 nitrogen and oxygen atoms in total. The van der Waals surface area contributed by atoms with E-state index in [1.807, 2.05) is 13.8 Å². The van der Waals surface area contributed by atoms with Crippen molar-refractivity contribution in [3.8, 4) is 5.75 Å². The summed E-state index contributed by atoms with van der Waals surface area (Å²) in [6.45, 7) is 3.78. The Hall–Kier alpha value is -1.19. The van der Waals surface area contributed by atoms with E-state index in [0.717, 1.165) is 31.7 Å². The summed E-state index contributed by atoms with van der Waals surface area (Å²) in [5.74, 6) is 0.404. The maximum Gasteiger partial charge on any atom is 0.416 e. The van der Waals surface area contributed by atoms with Crippen LogP contribution in [-0.2, 0) is 6.18 Å². The number of rotatable bonds is 3. The molecule has 0 heterocycles. The molecule has 0 amide bonds. The third-order valence-corrected chi connectivity index (χ3v) is 3.78. The second kappa shape index (κ2) is 6.06. The lowest BCUT2D eigenvalue weighted by atomic mass is 9.97. The summed E-state index contributed by atoms with van der Waals surface area (Å²) in [5.41, 5.74) is 0.0557. The molecule has 4 heteroatoms. The zero-order valence-corrected chi connectivity index (χ0v) is 12.0. The van der Waals surface area contributed by atoms with Crippen LogP contribution in [-0.4, -0.2) is 6.10 Å². The molecule has 0 N–H and O–H groups in total. The molecule has 1 aliphatic rings. The second-order valence-electron chi connectivity index (χ2n) is 5.82. The van der Waals surface area contributed by atoms with Gasteiger partial charge in [0.25, 0.3) is 0 Å². The Kier molecular flexibility index (Phi) is 4.61. The maximum atomic E-state index is 12.9. The van der Waals surface area contributed by atoms with Crippen LogP contribution >= 0.6 is 0 Å². The summed E-state index contributed by atoms with van der Waals surface area (Å²) < 4.78 is 44.6. The Morgan fingerprint density at radius 2 is 1.70 bits per heavy atom. The fourth-order valence-electron chi connectivity index (χ4n) is 2.56. The van der Waals surface area contributed by atoms with E-state index in [-0.39, 0.29) is 12.0 Å². The Labute approximate surface area is 118 Å². The molecular weight excluding hydrogens is 265 g/mol. The molecule has 0 atom stereocenters. The van der Waals surface area contributed by atoms with Gasteiger partial charge < -0.3 is 4.74 Å². The molecule has 0 radical (unpaired) electrons. The van der Waals surface area contributed by atoms with Gasteiger partial charge in [-0.3, -0.25) is 0 Å². The minimum atomic E-state index is -4.32. The SMILES string of the molecule is CC(C)c1cc(OC2CCCCC2)cc(C(F)(F)F)c1. The first-order valence-electron chi connectivity index (χ1n) is 7.25. The van der Waals surface area contributed by atoms with Gasteiger partial charge >= 0.3 is 6.18 Å². The van der Waals surface area contributed by atoms with Crippen molar-refractivity contribution in [2.24, 2.45) is 0 Å². The van der Waals surface area contributed by atoms with Crippen LogP contribution in [0.4, 0.5) is 13.2 Å². The number of alkyl halides is 3. The normalized spacial score (nSPS) is 17.5. The summed E-state index contributed by atoms with van der Waals surface area (Å²) in [7, 11) is 0. The van der Waals surface area contributed by atoms with E-state index in [1.54, 1.807) is 6.07 Å². The van der Waals surface area contributed by atoms with Gasteiger partial charge in [0.2, 0.25) is 0 Å². The summed E-state index contributed by atoms with van der Waals surface area (Å²) in [4.78, 5) is 0. The molecule has 0 saturated heterocycles. The highest BCUT2D eigenvalue weighted by atomic mass is 19.4. The number of benzene rings is 1. The van der Waals surface area contributed by atoms with E-state index in [0.29, 0.717) is 11.3 Å². The summed E-state index contributed by atoms with van der Waals surface area (Å²) in [5, 5.41) is 0. The lowest BCUT2D eigenvalue weighted by Crippen LogP contribution is -2.20. The first-order valence-corrected chi connectivity index (χ1v) is 7.25. The molecule has 1 fully saturated rings. The van der Waals surface area contributed by atoms with Gasteiger partial charge in [0.05, 0.1) is 11.7 Å². The molecule has 1 aromatic rings. The van der Waals surface area contributed by atoms with Crippen molar-refractivity contribution in [2.75, 3.05) is 0 Å². The Balaban J connectivity index is 2.24. The van der Waals surface area contributed by atoms with Gasteiger partial charge in [-0.2, -0.15) is 13.2 Å². The van der Waals surface area contributed by atoms with Crippen LogP contribution in [0.25, 0.3) is 0 Å². The van der Waals surface area contributed by atoms with Crippen LogP contribution in [0.1, 0.15) is 63.0 Å². The van der Waals surface area contributed by atoms with E-state index in [9.17, 15) is 13.2 Å². The first-order chi connectivity index (χ1) is 9.36. The van der Waals surface area contributed by atoms with Gasteiger partial charge in [-0.15, -0.1) is 0 Å². The van der Waals surface area contributed by atoms with Crippen LogP contribution in [0, 0.1) is 0 Å². The third-order valence-electron chi connectivity index (χ3n) is 3.78.